The van der Waals surface area contributed by atoms with Gasteiger partial charge in [0.15, 0.2) is 5.13 Å². The number of nitrogens with zero attached hydrogens (tertiary/aromatic N) is 1. The second-order valence-electron chi connectivity index (χ2n) is 4.90. The summed E-state index contributed by atoms with van der Waals surface area (Å²) in [6.07, 6.45) is 0.227. The van der Waals surface area contributed by atoms with Gasteiger partial charge in [-0.15, -0.1) is 11.3 Å². The average molecular weight is 304 g/mol. The Morgan fingerprint density at radius 1 is 1.38 bits per heavy atom. The Morgan fingerprint density at radius 3 is 2.76 bits per heavy atom. The van der Waals surface area contributed by atoms with E-state index in [0.717, 1.165) is 10.8 Å². The summed E-state index contributed by atoms with van der Waals surface area (Å²) in [7, 11) is 0. The highest BCUT2D eigenvalue weighted by Gasteiger charge is 2.11. The predicted molar refractivity (Wildman–Crippen MR) is 85.7 cm³/mol. The molecule has 112 valence electrons. The first-order chi connectivity index (χ1) is 10.1. The van der Waals surface area contributed by atoms with Crippen molar-refractivity contribution < 1.29 is 9.53 Å². The van der Waals surface area contributed by atoms with Crippen LogP contribution in [-0.4, -0.2) is 17.6 Å². The summed E-state index contributed by atoms with van der Waals surface area (Å²) >= 11 is 1.51. The maximum absolute atomic E-state index is 11.4. The summed E-state index contributed by atoms with van der Waals surface area (Å²) in [5.74, 6) is -0.235. The van der Waals surface area contributed by atoms with Gasteiger partial charge in [-0.1, -0.05) is 29.8 Å². The molecule has 0 aliphatic heterocycles. The lowest BCUT2D eigenvalue weighted by molar-refractivity contribution is -0.142. The van der Waals surface area contributed by atoms with Crippen LogP contribution in [0.3, 0.4) is 0 Å². The number of hydrogen-bond donors (Lipinski definition) is 1. The Labute approximate surface area is 129 Å². The maximum Gasteiger partial charge on any atom is 0.311 e. The summed E-state index contributed by atoms with van der Waals surface area (Å²) in [5.41, 5.74) is 3.21. The highest BCUT2D eigenvalue weighted by atomic mass is 32.1. The summed E-state index contributed by atoms with van der Waals surface area (Å²) < 4.78 is 4.92. The van der Waals surface area contributed by atoms with E-state index in [1.54, 1.807) is 6.92 Å². The van der Waals surface area contributed by atoms with Crippen molar-refractivity contribution in [2.45, 2.75) is 33.2 Å². The van der Waals surface area contributed by atoms with Gasteiger partial charge in [-0.2, -0.15) is 0 Å². The molecule has 21 heavy (non-hydrogen) atoms. The molecule has 0 saturated heterocycles. The Kier molecular flexibility index (Phi) is 5.33. The van der Waals surface area contributed by atoms with Gasteiger partial charge in [0.1, 0.15) is 0 Å². The molecule has 1 aromatic carbocycles. The van der Waals surface area contributed by atoms with Crippen molar-refractivity contribution >= 4 is 22.4 Å². The van der Waals surface area contributed by atoms with Crippen molar-refractivity contribution in [1.29, 1.82) is 0 Å². The molecule has 1 unspecified atom stereocenters. The number of hydrogen-bond acceptors (Lipinski definition) is 5. The largest absolute Gasteiger partial charge is 0.466 e. The molecule has 5 heteroatoms. The molecular formula is C16H20N2O2S. The molecule has 1 aromatic heterocycles. The first kappa shape index (κ1) is 15.5. The first-order valence-corrected chi connectivity index (χ1v) is 7.89. The van der Waals surface area contributed by atoms with E-state index in [0.29, 0.717) is 6.61 Å². The lowest BCUT2D eigenvalue weighted by Gasteiger charge is -2.13. The van der Waals surface area contributed by atoms with E-state index in [4.69, 9.17) is 4.74 Å². The molecule has 0 aliphatic rings. The third-order valence-electron chi connectivity index (χ3n) is 3.10. The predicted octanol–water partition coefficient (Wildman–Crippen LogP) is 3.73. The topological polar surface area (TPSA) is 51.2 Å². The molecule has 0 spiro atoms. The molecule has 2 rings (SSSR count). The van der Waals surface area contributed by atoms with E-state index in [1.807, 2.05) is 5.38 Å². The van der Waals surface area contributed by atoms with Crippen LogP contribution in [0.4, 0.5) is 5.13 Å². The highest BCUT2D eigenvalue weighted by molar-refractivity contribution is 7.13. The van der Waals surface area contributed by atoms with E-state index in [2.05, 4.69) is 48.4 Å². The second kappa shape index (κ2) is 7.22. The second-order valence-corrected chi connectivity index (χ2v) is 5.76. The van der Waals surface area contributed by atoms with Gasteiger partial charge in [0.25, 0.3) is 0 Å². The number of esters is 1. The number of thiazole rings is 1. The van der Waals surface area contributed by atoms with Crippen LogP contribution in [0.5, 0.6) is 0 Å². The number of ether oxygens (including phenoxy) is 1. The maximum atomic E-state index is 11.4. The van der Waals surface area contributed by atoms with Crippen LogP contribution in [0.2, 0.25) is 0 Å². The first-order valence-electron chi connectivity index (χ1n) is 7.01. The van der Waals surface area contributed by atoms with Crippen molar-refractivity contribution in [1.82, 2.24) is 4.98 Å². The van der Waals surface area contributed by atoms with Crippen molar-refractivity contribution in [3.63, 3.8) is 0 Å². The van der Waals surface area contributed by atoms with Crippen molar-refractivity contribution in [2.24, 2.45) is 0 Å². The Morgan fingerprint density at radius 2 is 2.10 bits per heavy atom. The molecule has 0 saturated carbocycles. The molecule has 1 atom stereocenters. The number of aromatic nitrogens is 1. The summed E-state index contributed by atoms with van der Waals surface area (Å²) in [5, 5.41) is 6.07. The highest BCUT2D eigenvalue weighted by Crippen LogP contribution is 2.23. The van der Waals surface area contributed by atoms with Gasteiger partial charge in [-0.05, 0) is 26.3 Å². The number of aryl methyl sites for hydroxylation is 1. The van der Waals surface area contributed by atoms with Gasteiger partial charge >= 0.3 is 5.97 Å². The minimum atomic E-state index is -0.235. The smallest absolute Gasteiger partial charge is 0.311 e. The van der Waals surface area contributed by atoms with Crippen LogP contribution < -0.4 is 5.32 Å². The summed E-state index contributed by atoms with van der Waals surface area (Å²) in [6, 6.07) is 8.59. The fraction of sp³-hybridized carbons (Fsp3) is 0.375. The number of rotatable bonds is 6. The Balaban J connectivity index is 1.95. The fourth-order valence-electron chi connectivity index (χ4n) is 1.94. The van der Waals surface area contributed by atoms with Crippen LogP contribution in [0.1, 0.15) is 36.7 Å². The van der Waals surface area contributed by atoms with Gasteiger partial charge < -0.3 is 10.1 Å². The minimum absolute atomic E-state index is 0.173. The average Bonchev–Trinajstić information content (AvgIpc) is 2.86. The molecule has 0 radical (unpaired) electrons. The van der Waals surface area contributed by atoms with Crippen LogP contribution in [0, 0.1) is 6.92 Å². The zero-order chi connectivity index (χ0) is 15.2. The normalized spacial score (nSPS) is 12.0. The van der Waals surface area contributed by atoms with E-state index in [-0.39, 0.29) is 18.4 Å². The standard InChI is InChI=1S/C16H20N2O2S/c1-4-20-15(19)9-14-10-21-16(18-14)17-12(3)13-7-5-11(2)6-8-13/h5-8,10,12H,4,9H2,1-3H3,(H,17,18). The molecule has 1 heterocycles. The molecule has 0 amide bonds. The van der Waals surface area contributed by atoms with Crippen molar-refractivity contribution in [3.05, 3.63) is 46.5 Å². The van der Waals surface area contributed by atoms with E-state index >= 15 is 0 Å². The number of anilines is 1. The monoisotopic (exact) mass is 304 g/mol. The number of nitrogens with one attached hydrogen (secondary N) is 1. The van der Waals surface area contributed by atoms with Gasteiger partial charge in [-0.25, -0.2) is 4.98 Å². The fourth-order valence-corrected chi connectivity index (χ4v) is 2.74. The molecule has 0 fully saturated rings. The van der Waals surface area contributed by atoms with Crippen LogP contribution in [0.15, 0.2) is 29.6 Å². The van der Waals surface area contributed by atoms with E-state index in [1.165, 1.54) is 22.5 Å². The zero-order valence-corrected chi connectivity index (χ0v) is 13.4. The third kappa shape index (κ3) is 4.56. The van der Waals surface area contributed by atoms with Gasteiger partial charge in [-0.3, -0.25) is 4.79 Å². The minimum Gasteiger partial charge on any atom is -0.466 e. The van der Waals surface area contributed by atoms with Crippen LogP contribution in [0.25, 0.3) is 0 Å². The molecule has 0 bridgehead atoms. The third-order valence-corrected chi connectivity index (χ3v) is 3.92. The van der Waals surface area contributed by atoms with Gasteiger partial charge in [0.05, 0.1) is 24.8 Å². The Hall–Kier alpha value is -1.88. The van der Waals surface area contributed by atoms with Crippen molar-refractivity contribution in [2.75, 3.05) is 11.9 Å². The van der Waals surface area contributed by atoms with E-state index in [9.17, 15) is 4.79 Å². The summed E-state index contributed by atoms with van der Waals surface area (Å²) in [4.78, 5) is 15.8. The molecule has 0 aliphatic carbocycles. The summed E-state index contributed by atoms with van der Waals surface area (Å²) in [6.45, 7) is 6.37. The number of benzene rings is 1. The lowest BCUT2D eigenvalue weighted by Crippen LogP contribution is -2.09. The SMILES string of the molecule is CCOC(=O)Cc1csc(NC(C)c2ccc(C)cc2)n1. The van der Waals surface area contributed by atoms with Gasteiger partial charge in [0, 0.05) is 5.38 Å². The zero-order valence-electron chi connectivity index (χ0n) is 12.6. The number of carbonyl (C=O) groups is 1. The van der Waals surface area contributed by atoms with Gasteiger partial charge in [0.2, 0.25) is 0 Å². The van der Waals surface area contributed by atoms with Crippen LogP contribution >= 0.6 is 11.3 Å². The Bertz CT molecular complexity index is 593. The molecular weight excluding hydrogens is 284 g/mol. The quantitative estimate of drug-likeness (QED) is 0.826. The lowest BCUT2D eigenvalue weighted by atomic mass is 10.1. The van der Waals surface area contributed by atoms with Crippen LogP contribution in [-0.2, 0) is 16.0 Å². The van der Waals surface area contributed by atoms with E-state index < -0.39 is 0 Å². The molecule has 1 N–H and O–H groups in total. The van der Waals surface area contributed by atoms with Crippen molar-refractivity contribution in [3.8, 4) is 0 Å². The number of carbonyl (C=O) groups excluding carboxylic acids is 1. The molecule has 2 aromatic rings. The molecule has 4 nitrogen and oxygen atoms in total.